The van der Waals surface area contributed by atoms with E-state index in [1.165, 1.54) is 0 Å². The maximum absolute atomic E-state index is 12.1. The SMILES string of the molecule is CCN(C(=O)CNC(=O)C(C)C)c1cccc(C)c1. The number of rotatable bonds is 5. The van der Waals surface area contributed by atoms with Crippen molar-refractivity contribution in [2.24, 2.45) is 5.92 Å². The third kappa shape index (κ3) is 4.39. The van der Waals surface area contributed by atoms with Crippen molar-refractivity contribution >= 4 is 17.5 Å². The Morgan fingerprint density at radius 3 is 2.53 bits per heavy atom. The lowest BCUT2D eigenvalue weighted by Crippen LogP contribution is -2.41. The van der Waals surface area contributed by atoms with Gasteiger partial charge >= 0.3 is 0 Å². The molecule has 0 unspecified atom stereocenters. The third-order valence-corrected chi connectivity index (χ3v) is 2.87. The molecular formula is C15H22N2O2. The monoisotopic (exact) mass is 262 g/mol. The van der Waals surface area contributed by atoms with E-state index in [-0.39, 0.29) is 24.3 Å². The number of carbonyl (C=O) groups is 2. The summed E-state index contributed by atoms with van der Waals surface area (Å²) in [7, 11) is 0. The van der Waals surface area contributed by atoms with E-state index in [0.29, 0.717) is 6.54 Å². The van der Waals surface area contributed by atoms with Crippen LogP contribution in [0, 0.1) is 12.8 Å². The second-order valence-electron chi connectivity index (χ2n) is 4.85. The molecule has 0 aliphatic carbocycles. The predicted molar refractivity (Wildman–Crippen MR) is 77.1 cm³/mol. The first-order valence-corrected chi connectivity index (χ1v) is 6.60. The first-order valence-electron chi connectivity index (χ1n) is 6.60. The molecule has 4 nitrogen and oxygen atoms in total. The van der Waals surface area contributed by atoms with E-state index >= 15 is 0 Å². The van der Waals surface area contributed by atoms with Gasteiger partial charge in [0.2, 0.25) is 11.8 Å². The van der Waals surface area contributed by atoms with Gasteiger partial charge in [-0.15, -0.1) is 0 Å². The molecule has 0 aromatic heterocycles. The Balaban J connectivity index is 2.70. The van der Waals surface area contributed by atoms with Crippen molar-refractivity contribution in [3.63, 3.8) is 0 Å². The number of hydrogen-bond donors (Lipinski definition) is 1. The fourth-order valence-corrected chi connectivity index (χ4v) is 1.76. The topological polar surface area (TPSA) is 49.4 Å². The van der Waals surface area contributed by atoms with E-state index in [9.17, 15) is 9.59 Å². The average Bonchev–Trinajstić information content (AvgIpc) is 2.36. The van der Waals surface area contributed by atoms with Crippen LogP contribution in [-0.2, 0) is 9.59 Å². The molecule has 104 valence electrons. The van der Waals surface area contributed by atoms with Crippen molar-refractivity contribution in [1.82, 2.24) is 5.32 Å². The maximum atomic E-state index is 12.1. The fourth-order valence-electron chi connectivity index (χ4n) is 1.76. The van der Waals surface area contributed by atoms with Crippen LogP contribution >= 0.6 is 0 Å². The van der Waals surface area contributed by atoms with Gasteiger partial charge in [-0.25, -0.2) is 0 Å². The minimum atomic E-state index is -0.109. The summed E-state index contributed by atoms with van der Waals surface area (Å²) < 4.78 is 0. The van der Waals surface area contributed by atoms with Gasteiger partial charge in [-0.1, -0.05) is 26.0 Å². The Labute approximate surface area is 114 Å². The average molecular weight is 262 g/mol. The number of anilines is 1. The number of benzene rings is 1. The molecule has 2 amide bonds. The van der Waals surface area contributed by atoms with E-state index < -0.39 is 0 Å². The number of amides is 2. The molecule has 0 radical (unpaired) electrons. The summed E-state index contributed by atoms with van der Waals surface area (Å²) in [6.07, 6.45) is 0. The molecule has 4 heteroatoms. The van der Waals surface area contributed by atoms with Crippen LogP contribution in [0.15, 0.2) is 24.3 Å². The standard InChI is InChI=1S/C15H22N2O2/c1-5-17(13-8-6-7-12(4)9-13)14(18)10-16-15(19)11(2)3/h6-9,11H,5,10H2,1-4H3,(H,16,19). The molecule has 0 aliphatic heterocycles. The van der Waals surface area contributed by atoms with Gasteiger partial charge in [-0.3, -0.25) is 9.59 Å². The summed E-state index contributed by atoms with van der Waals surface area (Å²) in [6.45, 7) is 8.14. The molecule has 1 aromatic rings. The zero-order valence-corrected chi connectivity index (χ0v) is 12.1. The molecule has 0 atom stereocenters. The molecule has 1 N–H and O–H groups in total. The Bertz CT molecular complexity index is 455. The van der Waals surface area contributed by atoms with Crippen molar-refractivity contribution in [2.75, 3.05) is 18.0 Å². The third-order valence-electron chi connectivity index (χ3n) is 2.87. The minimum Gasteiger partial charge on any atom is -0.347 e. The van der Waals surface area contributed by atoms with Gasteiger partial charge in [-0.2, -0.15) is 0 Å². The van der Waals surface area contributed by atoms with Gasteiger partial charge in [-0.05, 0) is 31.5 Å². The number of likely N-dealkylation sites (N-methyl/N-ethyl adjacent to an activating group) is 1. The van der Waals surface area contributed by atoms with Crippen molar-refractivity contribution in [2.45, 2.75) is 27.7 Å². The lowest BCUT2D eigenvalue weighted by Gasteiger charge is -2.22. The van der Waals surface area contributed by atoms with Crippen LogP contribution in [0.5, 0.6) is 0 Å². The Kier molecular flexibility index (Phi) is 5.55. The number of aryl methyl sites for hydroxylation is 1. The highest BCUT2D eigenvalue weighted by molar-refractivity contribution is 5.96. The van der Waals surface area contributed by atoms with E-state index in [1.54, 1.807) is 18.7 Å². The minimum absolute atomic E-state index is 0.0405. The second kappa shape index (κ2) is 6.92. The maximum Gasteiger partial charge on any atom is 0.246 e. The van der Waals surface area contributed by atoms with E-state index in [2.05, 4.69) is 5.32 Å². The largest absolute Gasteiger partial charge is 0.347 e. The van der Waals surface area contributed by atoms with Gasteiger partial charge in [0, 0.05) is 18.2 Å². The number of hydrogen-bond acceptors (Lipinski definition) is 2. The van der Waals surface area contributed by atoms with Gasteiger partial charge in [0.1, 0.15) is 0 Å². The lowest BCUT2D eigenvalue weighted by atomic mass is 10.2. The molecule has 0 saturated heterocycles. The van der Waals surface area contributed by atoms with E-state index in [1.807, 2.05) is 38.1 Å². The van der Waals surface area contributed by atoms with E-state index in [0.717, 1.165) is 11.3 Å². The molecule has 0 spiro atoms. The summed E-state index contributed by atoms with van der Waals surface area (Å²) in [5.74, 6) is -0.308. The first kappa shape index (κ1) is 15.2. The van der Waals surface area contributed by atoms with Crippen LogP contribution in [0.1, 0.15) is 26.3 Å². The fraction of sp³-hybridized carbons (Fsp3) is 0.467. The predicted octanol–water partition coefficient (Wildman–Crippen LogP) is 2.12. The van der Waals surface area contributed by atoms with Crippen molar-refractivity contribution in [3.8, 4) is 0 Å². The number of nitrogens with one attached hydrogen (secondary N) is 1. The van der Waals surface area contributed by atoms with Crippen LogP contribution in [0.4, 0.5) is 5.69 Å². The summed E-state index contributed by atoms with van der Waals surface area (Å²) >= 11 is 0. The van der Waals surface area contributed by atoms with Crippen molar-refractivity contribution < 1.29 is 9.59 Å². The van der Waals surface area contributed by atoms with E-state index in [4.69, 9.17) is 0 Å². The summed E-state index contributed by atoms with van der Waals surface area (Å²) in [5.41, 5.74) is 1.97. The highest BCUT2D eigenvalue weighted by Crippen LogP contribution is 2.15. The van der Waals surface area contributed by atoms with Crippen LogP contribution in [0.3, 0.4) is 0 Å². The Hall–Kier alpha value is -1.84. The molecule has 19 heavy (non-hydrogen) atoms. The molecule has 0 saturated carbocycles. The first-order chi connectivity index (χ1) is 8.95. The summed E-state index contributed by atoms with van der Waals surface area (Å²) in [6, 6.07) is 7.78. The lowest BCUT2D eigenvalue weighted by molar-refractivity contribution is -0.127. The molecule has 0 aliphatic rings. The molecule has 1 aromatic carbocycles. The number of nitrogens with zero attached hydrogens (tertiary/aromatic N) is 1. The number of carbonyl (C=O) groups excluding carboxylic acids is 2. The Morgan fingerprint density at radius 2 is 2.00 bits per heavy atom. The normalized spacial score (nSPS) is 10.4. The highest BCUT2D eigenvalue weighted by atomic mass is 16.2. The molecule has 1 rings (SSSR count). The van der Waals surface area contributed by atoms with Crippen molar-refractivity contribution in [3.05, 3.63) is 29.8 Å². The zero-order chi connectivity index (χ0) is 14.4. The molecule has 0 bridgehead atoms. The van der Waals surface area contributed by atoms with Gasteiger partial charge < -0.3 is 10.2 Å². The summed E-state index contributed by atoms with van der Waals surface area (Å²) in [5, 5.41) is 2.65. The highest BCUT2D eigenvalue weighted by Gasteiger charge is 2.15. The van der Waals surface area contributed by atoms with Gasteiger partial charge in [0.25, 0.3) is 0 Å². The van der Waals surface area contributed by atoms with Gasteiger partial charge in [0.05, 0.1) is 6.54 Å². The van der Waals surface area contributed by atoms with Crippen LogP contribution in [-0.4, -0.2) is 24.9 Å². The quantitative estimate of drug-likeness (QED) is 0.883. The van der Waals surface area contributed by atoms with Crippen LogP contribution in [0.2, 0.25) is 0 Å². The van der Waals surface area contributed by atoms with Gasteiger partial charge in [0.15, 0.2) is 0 Å². The van der Waals surface area contributed by atoms with Crippen molar-refractivity contribution in [1.29, 1.82) is 0 Å². The van der Waals surface area contributed by atoms with Crippen LogP contribution < -0.4 is 10.2 Å². The molecular weight excluding hydrogens is 240 g/mol. The Morgan fingerprint density at radius 1 is 1.32 bits per heavy atom. The molecule has 0 fully saturated rings. The smallest absolute Gasteiger partial charge is 0.246 e. The summed E-state index contributed by atoms with van der Waals surface area (Å²) in [4.78, 5) is 25.3. The zero-order valence-electron chi connectivity index (χ0n) is 12.1. The second-order valence-corrected chi connectivity index (χ2v) is 4.85. The molecule has 0 heterocycles. The van der Waals surface area contributed by atoms with Crippen LogP contribution in [0.25, 0.3) is 0 Å².